The van der Waals surface area contributed by atoms with Crippen molar-refractivity contribution in [3.05, 3.63) is 90.0 Å². The van der Waals surface area contributed by atoms with Crippen LogP contribution in [0, 0.1) is 0 Å². The molecule has 1 aliphatic heterocycles. The van der Waals surface area contributed by atoms with E-state index in [4.69, 9.17) is 9.47 Å². The molecule has 7 heteroatoms. The second-order valence-corrected chi connectivity index (χ2v) is 8.35. The van der Waals surface area contributed by atoms with Crippen LogP contribution in [0.1, 0.15) is 22.3 Å². The minimum atomic E-state index is -0.175. The third kappa shape index (κ3) is 7.58. The highest BCUT2D eigenvalue weighted by molar-refractivity contribution is 5.96. The van der Waals surface area contributed by atoms with Gasteiger partial charge in [-0.15, -0.1) is 0 Å². The van der Waals surface area contributed by atoms with Gasteiger partial charge in [-0.05, 0) is 54.8 Å². The number of amides is 2. The molecular formula is C28H31N3O4. The number of hydrogen-bond donors (Lipinski definition) is 2. The van der Waals surface area contributed by atoms with Crippen molar-refractivity contribution in [2.24, 2.45) is 0 Å². The van der Waals surface area contributed by atoms with Crippen LogP contribution in [0.3, 0.4) is 0 Å². The van der Waals surface area contributed by atoms with Gasteiger partial charge in [0.25, 0.3) is 5.91 Å². The zero-order valence-corrected chi connectivity index (χ0v) is 19.7. The van der Waals surface area contributed by atoms with Crippen LogP contribution in [0.5, 0.6) is 5.75 Å². The summed E-state index contributed by atoms with van der Waals surface area (Å²) in [5.41, 5.74) is 3.36. The average Bonchev–Trinajstić information content (AvgIpc) is 2.91. The minimum absolute atomic E-state index is 0.0185. The number of anilines is 2. The molecule has 182 valence electrons. The van der Waals surface area contributed by atoms with E-state index in [9.17, 15) is 9.59 Å². The highest BCUT2D eigenvalue weighted by Gasteiger charge is 2.18. The first-order valence-electron chi connectivity index (χ1n) is 11.9. The summed E-state index contributed by atoms with van der Waals surface area (Å²) in [4.78, 5) is 26.7. The molecule has 0 bridgehead atoms. The Hall–Kier alpha value is -3.84. The molecule has 0 radical (unpaired) electrons. The normalized spacial score (nSPS) is 13.2. The number of nitrogens with zero attached hydrogens (tertiary/aromatic N) is 1. The SMILES string of the molecule is O=C(CNc1cccc(OCCCc2ccccc2)c1)Nc1ccc(C(=O)N2CCOCC2)cc1. The second kappa shape index (κ2) is 12.6. The van der Waals surface area contributed by atoms with Crippen molar-refractivity contribution < 1.29 is 19.1 Å². The maximum Gasteiger partial charge on any atom is 0.254 e. The number of morpholine rings is 1. The van der Waals surface area contributed by atoms with E-state index in [0.29, 0.717) is 44.2 Å². The molecule has 35 heavy (non-hydrogen) atoms. The summed E-state index contributed by atoms with van der Waals surface area (Å²) in [6.45, 7) is 3.08. The number of aryl methyl sites for hydroxylation is 1. The lowest BCUT2D eigenvalue weighted by molar-refractivity contribution is -0.114. The first-order valence-corrected chi connectivity index (χ1v) is 11.9. The van der Waals surface area contributed by atoms with Gasteiger partial charge in [0.1, 0.15) is 5.75 Å². The number of carbonyl (C=O) groups excluding carboxylic acids is 2. The molecule has 0 saturated carbocycles. The van der Waals surface area contributed by atoms with Crippen LogP contribution in [0.4, 0.5) is 11.4 Å². The van der Waals surface area contributed by atoms with Crippen molar-refractivity contribution in [1.82, 2.24) is 4.90 Å². The standard InChI is InChI=1S/C28H31N3O4/c32-27(30-24-13-11-23(12-14-24)28(33)31-15-18-34-19-16-31)21-29-25-9-4-10-26(20-25)35-17-5-8-22-6-2-1-3-7-22/h1-4,6-7,9-14,20,29H,5,8,15-19,21H2,(H,30,32). The Bertz CT molecular complexity index is 1100. The van der Waals surface area contributed by atoms with Crippen molar-refractivity contribution in [2.75, 3.05) is 50.1 Å². The summed E-state index contributed by atoms with van der Waals surface area (Å²) < 4.78 is 11.2. The third-order valence-corrected chi connectivity index (χ3v) is 5.72. The quantitative estimate of drug-likeness (QED) is 0.431. The molecule has 3 aromatic carbocycles. The van der Waals surface area contributed by atoms with E-state index >= 15 is 0 Å². The topological polar surface area (TPSA) is 79.9 Å². The zero-order valence-electron chi connectivity index (χ0n) is 19.7. The number of ether oxygens (including phenoxy) is 2. The first-order chi connectivity index (χ1) is 17.2. The third-order valence-electron chi connectivity index (χ3n) is 5.72. The van der Waals surface area contributed by atoms with Crippen LogP contribution in [-0.4, -0.2) is 56.2 Å². The second-order valence-electron chi connectivity index (χ2n) is 8.35. The molecule has 0 atom stereocenters. The van der Waals surface area contributed by atoms with Crippen LogP contribution in [0.25, 0.3) is 0 Å². The van der Waals surface area contributed by atoms with Gasteiger partial charge in [-0.25, -0.2) is 0 Å². The summed E-state index contributed by atoms with van der Waals surface area (Å²) in [6, 6.07) is 24.9. The van der Waals surface area contributed by atoms with E-state index in [0.717, 1.165) is 24.3 Å². The maximum absolute atomic E-state index is 12.5. The number of rotatable bonds is 10. The summed E-state index contributed by atoms with van der Waals surface area (Å²) >= 11 is 0. The number of carbonyl (C=O) groups is 2. The summed E-state index contributed by atoms with van der Waals surface area (Å²) in [5.74, 6) is 0.574. The molecule has 4 rings (SSSR count). The van der Waals surface area contributed by atoms with Gasteiger partial charge in [0.2, 0.25) is 5.91 Å². The van der Waals surface area contributed by atoms with Gasteiger partial charge in [0.15, 0.2) is 0 Å². The molecule has 1 fully saturated rings. The van der Waals surface area contributed by atoms with E-state index in [-0.39, 0.29) is 18.4 Å². The van der Waals surface area contributed by atoms with Gasteiger partial charge in [-0.3, -0.25) is 9.59 Å². The average molecular weight is 474 g/mol. The number of hydrogen-bond acceptors (Lipinski definition) is 5. The lowest BCUT2D eigenvalue weighted by Gasteiger charge is -2.26. The van der Waals surface area contributed by atoms with E-state index < -0.39 is 0 Å². The van der Waals surface area contributed by atoms with Gasteiger partial charge in [-0.1, -0.05) is 36.4 Å². The molecule has 7 nitrogen and oxygen atoms in total. The summed E-state index contributed by atoms with van der Waals surface area (Å²) in [5, 5.41) is 5.98. The van der Waals surface area contributed by atoms with E-state index in [1.165, 1.54) is 5.56 Å². The molecule has 0 aliphatic carbocycles. The fourth-order valence-electron chi connectivity index (χ4n) is 3.84. The Balaban J connectivity index is 1.19. The van der Waals surface area contributed by atoms with Gasteiger partial charge < -0.3 is 25.0 Å². The molecule has 1 aliphatic rings. The highest BCUT2D eigenvalue weighted by Crippen LogP contribution is 2.18. The largest absolute Gasteiger partial charge is 0.494 e. The summed E-state index contributed by atoms with van der Waals surface area (Å²) in [6.07, 6.45) is 1.90. The van der Waals surface area contributed by atoms with Gasteiger partial charge in [-0.2, -0.15) is 0 Å². The Morgan fingerprint density at radius 2 is 1.66 bits per heavy atom. The fraction of sp³-hybridized carbons (Fsp3) is 0.286. The Kier molecular flexibility index (Phi) is 8.73. The maximum atomic E-state index is 12.5. The van der Waals surface area contributed by atoms with Crippen LogP contribution in [-0.2, 0) is 16.0 Å². The molecule has 0 unspecified atom stereocenters. The molecule has 0 spiro atoms. The van der Waals surface area contributed by atoms with E-state index in [2.05, 4.69) is 22.8 Å². The molecule has 1 saturated heterocycles. The Labute approximate surface area is 206 Å². The molecule has 0 aromatic heterocycles. The molecular weight excluding hydrogens is 442 g/mol. The first kappa shape index (κ1) is 24.3. The molecule has 2 N–H and O–H groups in total. The van der Waals surface area contributed by atoms with Crippen molar-refractivity contribution in [2.45, 2.75) is 12.8 Å². The Morgan fingerprint density at radius 1 is 0.886 bits per heavy atom. The highest BCUT2D eigenvalue weighted by atomic mass is 16.5. The smallest absolute Gasteiger partial charge is 0.254 e. The van der Waals surface area contributed by atoms with Gasteiger partial charge in [0.05, 0.1) is 26.4 Å². The van der Waals surface area contributed by atoms with Crippen molar-refractivity contribution in [3.8, 4) is 5.75 Å². The number of benzene rings is 3. The van der Waals surface area contributed by atoms with Crippen molar-refractivity contribution in [3.63, 3.8) is 0 Å². The monoisotopic (exact) mass is 473 g/mol. The van der Waals surface area contributed by atoms with Gasteiger partial charge in [0, 0.05) is 36.1 Å². The van der Waals surface area contributed by atoms with Crippen molar-refractivity contribution >= 4 is 23.2 Å². The Morgan fingerprint density at radius 3 is 2.43 bits per heavy atom. The lowest BCUT2D eigenvalue weighted by atomic mass is 10.1. The van der Waals surface area contributed by atoms with Crippen LogP contribution in [0.2, 0.25) is 0 Å². The predicted molar refractivity (Wildman–Crippen MR) is 137 cm³/mol. The zero-order chi connectivity index (χ0) is 24.3. The fourth-order valence-corrected chi connectivity index (χ4v) is 3.84. The van der Waals surface area contributed by atoms with Crippen LogP contribution in [0.15, 0.2) is 78.9 Å². The number of nitrogens with one attached hydrogen (secondary N) is 2. The van der Waals surface area contributed by atoms with Crippen molar-refractivity contribution in [1.29, 1.82) is 0 Å². The van der Waals surface area contributed by atoms with E-state index in [1.807, 2.05) is 42.5 Å². The van der Waals surface area contributed by atoms with E-state index in [1.54, 1.807) is 29.2 Å². The molecule has 2 amide bonds. The van der Waals surface area contributed by atoms with Crippen LogP contribution >= 0.6 is 0 Å². The van der Waals surface area contributed by atoms with Gasteiger partial charge >= 0.3 is 0 Å². The predicted octanol–water partition coefficient (Wildman–Crippen LogP) is 4.22. The summed E-state index contributed by atoms with van der Waals surface area (Å²) in [7, 11) is 0. The molecule has 3 aromatic rings. The van der Waals surface area contributed by atoms with Crippen LogP contribution < -0.4 is 15.4 Å². The molecule has 1 heterocycles. The minimum Gasteiger partial charge on any atom is -0.494 e. The lowest BCUT2D eigenvalue weighted by Crippen LogP contribution is -2.40.